The molecule has 0 aliphatic heterocycles. The van der Waals surface area contributed by atoms with Gasteiger partial charge >= 0.3 is 0 Å². The van der Waals surface area contributed by atoms with Crippen LogP contribution in [0.4, 0.5) is 0 Å². The Balaban J connectivity index is 3.44. The average Bonchev–Trinajstić information content (AvgIpc) is 2.12. The summed E-state index contributed by atoms with van der Waals surface area (Å²) in [5, 5.41) is 0. The van der Waals surface area contributed by atoms with Gasteiger partial charge in [-0.2, -0.15) is 0 Å². The van der Waals surface area contributed by atoms with Crippen molar-refractivity contribution in [3.63, 3.8) is 0 Å². The van der Waals surface area contributed by atoms with Gasteiger partial charge in [-0.15, -0.1) is 0 Å². The largest absolute Gasteiger partial charge is 0.288 e. The minimum Gasteiger partial charge on any atom is -0.288 e. The van der Waals surface area contributed by atoms with Crippen LogP contribution in [0.5, 0.6) is 0 Å². The van der Waals surface area contributed by atoms with Crippen LogP contribution in [0.3, 0.4) is 0 Å². The monoisotopic (exact) mass is 184 g/mol. The number of amides is 1. The summed E-state index contributed by atoms with van der Waals surface area (Å²) in [6.45, 7) is 8.65. The molecule has 0 aliphatic rings. The molecule has 1 amide bonds. The van der Waals surface area contributed by atoms with E-state index in [0.717, 1.165) is 32.2 Å². The van der Waals surface area contributed by atoms with Crippen LogP contribution in [0, 0.1) is 0 Å². The van der Waals surface area contributed by atoms with Crippen molar-refractivity contribution in [2.45, 2.75) is 39.5 Å². The van der Waals surface area contributed by atoms with Crippen molar-refractivity contribution in [3.8, 4) is 0 Å². The quantitative estimate of drug-likeness (QED) is 0.359. The maximum atomic E-state index is 11.2. The van der Waals surface area contributed by atoms with Crippen LogP contribution >= 0.6 is 0 Å². The fraction of sp³-hybridized carbons (Fsp3) is 0.700. The first kappa shape index (κ1) is 12.2. The van der Waals surface area contributed by atoms with Gasteiger partial charge in [-0.3, -0.25) is 10.2 Å². The van der Waals surface area contributed by atoms with Crippen LogP contribution < -0.4 is 10.9 Å². The number of hydrogen-bond acceptors (Lipinski definition) is 2. The summed E-state index contributed by atoms with van der Waals surface area (Å²) in [4.78, 5) is 11.2. The van der Waals surface area contributed by atoms with E-state index in [1.54, 1.807) is 0 Å². The highest BCUT2D eigenvalue weighted by Gasteiger charge is 2.03. The lowest BCUT2D eigenvalue weighted by atomic mass is 10.2. The Morgan fingerprint density at radius 3 is 2.54 bits per heavy atom. The van der Waals surface area contributed by atoms with Gasteiger partial charge in [-0.1, -0.05) is 33.3 Å². The van der Waals surface area contributed by atoms with Gasteiger partial charge in [0.15, 0.2) is 0 Å². The van der Waals surface area contributed by atoms with E-state index >= 15 is 0 Å². The molecule has 0 rings (SSSR count). The van der Waals surface area contributed by atoms with E-state index in [2.05, 4.69) is 24.4 Å². The number of nitrogens with one attached hydrogen (secondary N) is 2. The lowest BCUT2D eigenvalue weighted by Crippen LogP contribution is -2.38. The van der Waals surface area contributed by atoms with Gasteiger partial charge in [-0.25, -0.2) is 5.43 Å². The molecule has 0 bridgehead atoms. The molecule has 0 radical (unpaired) electrons. The predicted octanol–water partition coefficient (Wildman–Crippen LogP) is 1.76. The van der Waals surface area contributed by atoms with Gasteiger partial charge in [0.1, 0.15) is 0 Å². The Kier molecular flexibility index (Phi) is 7.30. The zero-order chi connectivity index (χ0) is 10.1. The maximum Gasteiger partial charge on any atom is 0.260 e. The average molecular weight is 184 g/mol. The predicted molar refractivity (Wildman–Crippen MR) is 55.1 cm³/mol. The van der Waals surface area contributed by atoms with Gasteiger partial charge in [0.05, 0.1) is 0 Å². The number of unbranched alkanes of at least 4 members (excludes halogenated alkanes) is 1. The summed E-state index contributed by atoms with van der Waals surface area (Å²) >= 11 is 0. The molecule has 3 heteroatoms. The number of carbonyl (C=O) groups excluding carboxylic acids is 1. The van der Waals surface area contributed by atoms with Crippen LogP contribution in [0.1, 0.15) is 39.5 Å². The fourth-order valence-corrected chi connectivity index (χ4v) is 0.912. The minimum atomic E-state index is -0.0852. The van der Waals surface area contributed by atoms with E-state index in [1.807, 2.05) is 6.92 Å². The normalized spacial score (nSPS) is 9.69. The topological polar surface area (TPSA) is 41.1 Å². The number of rotatable bonds is 7. The molecule has 0 saturated heterocycles. The number of hydrazine groups is 1. The molecule has 0 atom stereocenters. The lowest BCUT2D eigenvalue weighted by molar-refractivity contribution is -0.118. The molecule has 76 valence electrons. The molecule has 0 aromatic rings. The van der Waals surface area contributed by atoms with Crippen LogP contribution in [-0.2, 0) is 4.79 Å². The minimum absolute atomic E-state index is 0.0852. The molecule has 3 nitrogen and oxygen atoms in total. The molecule has 0 saturated carbocycles. The van der Waals surface area contributed by atoms with E-state index in [9.17, 15) is 4.79 Å². The Bertz CT molecular complexity index is 166. The second-order valence-electron chi connectivity index (χ2n) is 3.09. The van der Waals surface area contributed by atoms with E-state index in [0.29, 0.717) is 5.57 Å². The summed E-state index contributed by atoms with van der Waals surface area (Å²) < 4.78 is 0. The van der Waals surface area contributed by atoms with Gasteiger partial charge < -0.3 is 0 Å². The molecule has 2 N–H and O–H groups in total. The van der Waals surface area contributed by atoms with Crippen LogP contribution in [0.2, 0.25) is 0 Å². The van der Waals surface area contributed by atoms with Crippen LogP contribution in [0.15, 0.2) is 12.2 Å². The van der Waals surface area contributed by atoms with Crippen molar-refractivity contribution in [3.05, 3.63) is 12.2 Å². The van der Waals surface area contributed by atoms with E-state index in [4.69, 9.17) is 0 Å². The molecule has 0 spiro atoms. The molecule has 0 aliphatic carbocycles. The highest BCUT2D eigenvalue weighted by atomic mass is 16.2. The molecule has 0 unspecified atom stereocenters. The highest BCUT2D eigenvalue weighted by Crippen LogP contribution is 1.99. The molecule has 13 heavy (non-hydrogen) atoms. The lowest BCUT2D eigenvalue weighted by Gasteiger charge is -2.07. The first-order valence-corrected chi connectivity index (χ1v) is 4.93. The van der Waals surface area contributed by atoms with E-state index < -0.39 is 0 Å². The molecular formula is C10H20N2O. The highest BCUT2D eigenvalue weighted by molar-refractivity contribution is 5.92. The summed E-state index contributed by atoms with van der Waals surface area (Å²) in [5.74, 6) is -0.0852. The maximum absolute atomic E-state index is 11.2. The van der Waals surface area contributed by atoms with Gasteiger partial charge in [0.2, 0.25) is 0 Å². The first-order valence-electron chi connectivity index (χ1n) is 4.93. The van der Waals surface area contributed by atoms with Gasteiger partial charge in [-0.05, 0) is 12.8 Å². The zero-order valence-electron chi connectivity index (χ0n) is 8.65. The Labute approximate surface area is 80.6 Å². The summed E-state index contributed by atoms with van der Waals surface area (Å²) in [6.07, 6.45) is 3.92. The third kappa shape index (κ3) is 6.34. The fourth-order valence-electron chi connectivity index (χ4n) is 0.912. The van der Waals surface area contributed by atoms with Crippen molar-refractivity contribution in [1.29, 1.82) is 0 Å². The Hall–Kier alpha value is -0.830. The Morgan fingerprint density at radius 1 is 1.31 bits per heavy atom. The zero-order valence-corrected chi connectivity index (χ0v) is 8.65. The second-order valence-corrected chi connectivity index (χ2v) is 3.09. The second kappa shape index (κ2) is 7.80. The molecule has 0 aromatic heterocycles. The number of hydrogen-bond donors (Lipinski definition) is 2. The van der Waals surface area contributed by atoms with Gasteiger partial charge in [0, 0.05) is 12.1 Å². The van der Waals surface area contributed by atoms with Crippen LogP contribution in [-0.4, -0.2) is 12.5 Å². The molecule has 0 aromatic carbocycles. The SMILES string of the molecule is C=C(CCC)C(=O)NNCCCC. The third-order valence-corrected chi connectivity index (χ3v) is 1.73. The molecule has 0 fully saturated rings. The van der Waals surface area contributed by atoms with Crippen molar-refractivity contribution in [1.82, 2.24) is 10.9 Å². The first-order chi connectivity index (χ1) is 6.22. The summed E-state index contributed by atoms with van der Waals surface area (Å²) in [6, 6.07) is 0. The Morgan fingerprint density at radius 2 is 2.00 bits per heavy atom. The summed E-state index contributed by atoms with van der Waals surface area (Å²) in [5.41, 5.74) is 6.12. The molecule has 0 heterocycles. The number of carbonyl (C=O) groups is 1. The van der Waals surface area contributed by atoms with Crippen molar-refractivity contribution in [2.24, 2.45) is 0 Å². The van der Waals surface area contributed by atoms with E-state index in [1.165, 1.54) is 0 Å². The third-order valence-electron chi connectivity index (χ3n) is 1.73. The van der Waals surface area contributed by atoms with Gasteiger partial charge in [0.25, 0.3) is 5.91 Å². The van der Waals surface area contributed by atoms with E-state index in [-0.39, 0.29) is 5.91 Å². The van der Waals surface area contributed by atoms with Crippen molar-refractivity contribution >= 4 is 5.91 Å². The van der Waals surface area contributed by atoms with Crippen molar-refractivity contribution in [2.75, 3.05) is 6.54 Å². The summed E-state index contributed by atoms with van der Waals surface area (Å²) in [7, 11) is 0. The smallest absolute Gasteiger partial charge is 0.260 e. The standard InChI is InChI=1S/C10H20N2O/c1-4-6-8-11-12-10(13)9(3)7-5-2/h11H,3-8H2,1-2H3,(H,12,13). The van der Waals surface area contributed by atoms with Crippen molar-refractivity contribution < 1.29 is 4.79 Å². The van der Waals surface area contributed by atoms with Crippen LogP contribution in [0.25, 0.3) is 0 Å². The molecular weight excluding hydrogens is 164 g/mol.